The zero-order chi connectivity index (χ0) is 17.2. The predicted octanol–water partition coefficient (Wildman–Crippen LogP) is 2.38. The van der Waals surface area contributed by atoms with Gasteiger partial charge in [0, 0.05) is 24.0 Å². The molecule has 0 saturated carbocycles. The van der Waals surface area contributed by atoms with Crippen LogP contribution in [0.15, 0.2) is 42.5 Å². The summed E-state index contributed by atoms with van der Waals surface area (Å²) in [7, 11) is 0. The van der Waals surface area contributed by atoms with Crippen molar-refractivity contribution in [2.45, 2.75) is 12.8 Å². The number of para-hydroxylation sites is 1. The summed E-state index contributed by atoms with van der Waals surface area (Å²) < 4.78 is 10.9. The third kappa shape index (κ3) is 3.15. The number of nitrogens with one attached hydrogen (secondary N) is 1. The quantitative estimate of drug-likeness (QED) is 0.873. The SMILES string of the molecule is O=C(CC(=O)N1CCc2ccccc21)Nc1ccc2c(c1)OCCO2. The van der Waals surface area contributed by atoms with Crippen LogP contribution in [0.4, 0.5) is 11.4 Å². The van der Waals surface area contributed by atoms with Gasteiger partial charge in [-0.3, -0.25) is 9.59 Å². The third-order valence-corrected chi connectivity index (χ3v) is 4.33. The Morgan fingerprint density at radius 3 is 2.72 bits per heavy atom. The fraction of sp³-hybridized carbons (Fsp3) is 0.263. The van der Waals surface area contributed by atoms with E-state index in [0.29, 0.717) is 36.9 Å². The first-order valence-corrected chi connectivity index (χ1v) is 8.28. The molecule has 2 aliphatic heterocycles. The van der Waals surface area contributed by atoms with E-state index in [2.05, 4.69) is 5.32 Å². The minimum atomic E-state index is -0.342. The Hall–Kier alpha value is -3.02. The molecule has 25 heavy (non-hydrogen) atoms. The molecule has 1 N–H and O–H groups in total. The molecule has 128 valence electrons. The van der Waals surface area contributed by atoms with Gasteiger partial charge in [-0.1, -0.05) is 18.2 Å². The molecule has 6 heteroatoms. The fourth-order valence-corrected chi connectivity index (χ4v) is 3.16. The average molecular weight is 338 g/mol. The number of anilines is 2. The van der Waals surface area contributed by atoms with E-state index in [0.717, 1.165) is 17.7 Å². The summed E-state index contributed by atoms with van der Waals surface area (Å²) in [4.78, 5) is 26.4. The smallest absolute Gasteiger partial charge is 0.236 e. The van der Waals surface area contributed by atoms with Gasteiger partial charge in [0.1, 0.15) is 19.6 Å². The summed E-state index contributed by atoms with van der Waals surface area (Å²) in [6.07, 6.45) is 0.633. The van der Waals surface area contributed by atoms with Crippen LogP contribution in [0.3, 0.4) is 0 Å². The van der Waals surface area contributed by atoms with Crippen LogP contribution in [-0.4, -0.2) is 31.6 Å². The number of amides is 2. The van der Waals surface area contributed by atoms with E-state index in [9.17, 15) is 9.59 Å². The molecule has 0 bridgehead atoms. The Balaban J connectivity index is 1.40. The number of nitrogens with zero attached hydrogens (tertiary/aromatic N) is 1. The molecule has 2 amide bonds. The Labute approximate surface area is 145 Å². The largest absolute Gasteiger partial charge is 0.486 e. The maximum absolute atomic E-state index is 12.5. The Morgan fingerprint density at radius 2 is 1.84 bits per heavy atom. The van der Waals surface area contributed by atoms with Crippen molar-refractivity contribution < 1.29 is 19.1 Å². The molecular weight excluding hydrogens is 320 g/mol. The Kier molecular flexibility index (Phi) is 4.01. The number of rotatable bonds is 3. The van der Waals surface area contributed by atoms with Crippen LogP contribution in [-0.2, 0) is 16.0 Å². The molecular formula is C19H18N2O4. The number of ether oxygens (including phenoxy) is 2. The van der Waals surface area contributed by atoms with E-state index in [1.165, 1.54) is 0 Å². The van der Waals surface area contributed by atoms with Crippen molar-refractivity contribution in [3.05, 3.63) is 48.0 Å². The van der Waals surface area contributed by atoms with Crippen molar-refractivity contribution in [1.82, 2.24) is 0 Å². The molecule has 0 fully saturated rings. The van der Waals surface area contributed by atoms with Crippen molar-refractivity contribution in [3.8, 4) is 11.5 Å². The van der Waals surface area contributed by atoms with E-state index >= 15 is 0 Å². The third-order valence-electron chi connectivity index (χ3n) is 4.33. The maximum atomic E-state index is 12.5. The van der Waals surface area contributed by atoms with E-state index in [1.807, 2.05) is 24.3 Å². The Morgan fingerprint density at radius 1 is 1.04 bits per heavy atom. The van der Waals surface area contributed by atoms with E-state index in [-0.39, 0.29) is 18.2 Å². The predicted molar refractivity (Wildman–Crippen MR) is 93.2 cm³/mol. The minimum Gasteiger partial charge on any atom is -0.486 e. The number of fused-ring (bicyclic) bond motifs is 2. The highest BCUT2D eigenvalue weighted by Gasteiger charge is 2.25. The molecule has 0 unspecified atom stereocenters. The van der Waals surface area contributed by atoms with Gasteiger partial charge < -0.3 is 19.7 Å². The van der Waals surface area contributed by atoms with E-state index in [1.54, 1.807) is 23.1 Å². The second-order valence-electron chi connectivity index (χ2n) is 6.01. The van der Waals surface area contributed by atoms with Crippen molar-refractivity contribution in [1.29, 1.82) is 0 Å². The lowest BCUT2D eigenvalue weighted by Crippen LogP contribution is -2.32. The molecule has 0 aliphatic carbocycles. The van der Waals surface area contributed by atoms with Crippen molar-refractivity contribution in [3.63, 3.8) is 0 Å². The van der Waals surface area contributed by atoms with Crippen LogP contribution >= 0.6 is 0 Å². The lowest BCUT2D eigenvalue weighted by Gasteiger charge is -2.19. The Bertz CT molecular complexity index is 834. The molecule has 0 spiro atoms. The molecule has 2 heterocycles. The minimum absolute atomic E-state index is 0.192. The molecule has 2 aromatic rings. The summed E-state index contributed by atoms with van der Waals surface area (Å²) in [5.41, 5.74) is 2.63. The molecule has 4 rings (SSSR count). The van der Waals surface area contributed by atoms with Gasteiger partial charge in [-0.05, 0) is 30.2 Å². The highest BCUT2D eigenvalue weighted by atomic mass is 16.6. The first-order valence-electron chi connectivity index (χ1n) is 8.28. The lowest BCUT2D eigenvalue weighted by molar-refractivity contribution is -0.125. The van der Waals surface area contributed by atoms with Crippen LogP contribution in [0.5, 0.6) is 11.5 Å². The van der Waals surface area contributed by atoms with Crippen molar-refractivity contribution in [2.24, 2.45) is 0 Å². The van der Waals surface area contributed by atoms with Gasteiger partial charge in [-0.25, -0.2) is 0 Å². The first-order chi connectivity index (χ1) is 12.2. The van der Waals surface area contributed by atoms with Crippen molar-refractivity contribution in [2.75, 3.05) is 30.0 Å². The van der Waals surface area contributed by atoms with Crippen LogP contribution in [0, 0.1) is 0 Å². The summed E-state index contributed by atoms with van der Waals surface area (Å²) in [5.74, 6) is 0.726. The summed E-state index contributed by atoms with van der Waals surface area (Å²) >= 11 is 0. The monoisotopic (exact) mass is 338 g/mol. The average Bonchev–Trinajstić information content (AvgIpc) is 3.05. The molecule has 0 radical (unpaired) electrons. The number of carbonyl (C=O) groups is 2. The normalized spacial score (nSPS) is 14.8. The van der Waals surface area contributed by atoms with Gasteiger partial charge in [-0.15, -0.1) is 0 Å². The zero-order valence-corrected chi connectivity index (χ0v) is 13.7. The summed E-state index contributed by atoms with van der Waals surface area (Å²) in [6, 6.07) is 13.0. The standard InChI is InChI=1S/C19H18N2O4/c22-18(20-14-5-6-16-17(11-14)25-10-9-24-16)12-19(23)21-8-7-13-3-1-2-4-15(13)21/h1-6,11H,7-10,12H2,(H,20,22). The van der Waals surface area contributed by atoms with Crippen molar-refractivity contribution >= 4 is 23.2 Å². The van der Waals surface area contributed by atoms with Crippen LogP contribution < -0.4 is 19.7 Å². The van der Waals surface area contributed by atoms with Crippen LogP contribution in [0.2, 0.25) is 0 Å². The molecule has 2 aliphatic rings. The van der Waals surface area contributed by atoms with Crippen LogP contribution in [0.25, 0.3) is 0 Å². The maximum Gasteiger partial charge on any atom is 0.236 e. The van der Waals surface area contributed by atoms with Gasteiger partial charge in [0.05, 0.1) is 0 Å². The van der Waals surface area contributed by atoms with Crippen LogP contribution in [0.1, 0.15) is 12.0 Å². The lowest BCUT2D eigenvalue weighted by atomic mass is 10.2. The van der Waals surface area contributed by atoms with Gasteiger partial charge in [0.25, 0.3) is 0 Å². The highest BCUT2D eigenvalue weighted by Crippen LogP contribution is 2.32. The number of carbonyl (C=O) groups excluding carboxylic acids is 2. The number of benzene rings is 2. The second kappa shape index (κ2) is 6.47. The first kappa shape index (κ1) is 15.5. The molecule has 0 saturated heterocycles. The zero-order valence-electron chi connectivity index (χ0n) is 13.7. The van der Waals surface area contributed by atoms with Gasteiger partial charge in [0.2, 0.25) is 11.8 Å². The summed E-state index contributed by atoms with van der Waals surface area (Å²) in [6.45, 7) is 1.62. The van der Waals surface area contributed by atoms with Gasteiger partial charge in [-0.2, -0.15) is 0 Å². The summed E-state index contributed by atoms with van der Waals surface area (Å²) in [5, 5.41) is 2.75. The number of hydrogen-bond acceptors (Lipinski definition) is 4. The molecule has 0 aromatic heterocycles. The topological polar surface area (TPSA) is 67.9 Å². The fourth-order valence-electron chi connectivity index (χ4n) is 3.16. The molecule has 6 nitrogen and oxygen atoms in total. The number of hydrogen-bond donors (Lipinski definition) is 1. The second-order valence-corrected chi connectivity index (χ2v) is 6.01. The molecule has 2 aromatic carbocycles. The van der Waals surface area contributed by atoms with E-state index < -0.39 is 0 Å². The van der Waals surface area contributed by atoms with Gasteiger partial charge in [0.15, 0.2) is 11.5 Å². The van der Waals surface area contributed by atoms with E-state index in [4.69, 9.17) is 9.47 Å². The van der Waals surface area contributed by atoms with Gasteiger partial charge >= 0.3 is 0 Å². The molecule has 0 atom stereocenters. The highest BCUT2D eigenvalue weighted by molar-refractivity contribution is 6.09.